The highest BCUT2D eigenvalue weighted by molar-refractivity contribution is 5.91. The Kier molecular flexibility index (Phi) is 9.13. The number of methoxy groups -OCH3 is 1. The molecule has 1 amide bonds. The third-order valence-corrected chi connectivity index (χ3v) is 4.06. The topological polar surface area (TPSA) is 73.6 Å². The van der Waals surface area contributed by atoms with Gasteiger partial charge in [-0.3, -0.25) is 4.79 Å². The Labute approximate surface area is 161 Å². The van der Waals surface area contributed by atoms with E-state index in [9.17, 15) is 4.79 Å². The van der Waals surface area contributed by atoms with Crippen LogP contribution in [0.2, 0.25) is 0 Å². The van der Waals surface area contributed by atoms with E-state index < -0.39 is 0 Å². The lowest BCUT2D eigenvalue weighted by Gasteiger charge is -2.17. The van der Waals surface area contributed by atoms with Crippen molar-refractivity contribution in [2.45, 2.75) is 32.5 Å². The lowest BCUT2D eigenvalue weighted by atomic mass is 10.1. The zero-order valence-electron chi connectivity index (χ0n) is 15.4. The molecule has 0 saturated heterocycles. The zero-order valence-corrected chi connectivity index (χ0v) is 16.2. The van der Waals surface area contributed by atoms with Crippen molar-refractivity contribution in [2.24, 2.45) is 5.73 Å². The number of ether oxygens (including phenoxy) is 2. The van der Waals surface area contributed by atoms with Gasteiger partial charge in [0.25, 0.3) is 0 Å². The van der Waals surface area contributed by atoms with Crippen LogP contribution >= 0.6 is 12.4 Å². The summed E-state index contributed by atoms with van der Waals surface area (Å²) in [4.78, 5) is 12.1. The minimum atomic E-state index is -0.269. The molecule has 0 heterocycles. The number of amides is 1. The quantitative estimate of drug-likeness (QED) is 0.731. The Morgan fingerprint density at radius 1 is 1.19 bits per heavy atom. The largest absolute Gasteiger partial charge is 0.486 e. The maximum Gasteiger partial charge on any atom is 0.227 e. The van der Waals surface area contributed by atoms with E-state index in [0.29, 0.717) is 6.54 Å². The summed E-state index contributed by atoms with van der Waals surface area (Å²) in [7, 11) is 1.55. The number of hydrogen-bond acceptors (Lipinski definition) is 4. The summed E-state index contributed by atoms with van der Waals surface area (Å²) in [5.74, 6) is 0.648. The van der Waals surface area contributed by atoms with Gasteiger partial charge in [-0.15, -0.1) is 12.4 Å². The Bertz CT molecular complexity index is 691. The van der Waals surface area contributed by atoms with E-state index in [1.165, 1.54) is 0 Å². The van der Waals surface area contributed by atoms with E-state index in [4.69, 9.17) is 15.2 Å². The second kappa shape index (κ2) is 10.8. The Morgan fingerprint density at radius 3 is 2.46 bits per heavy atom. The predicted octanol–water partition coefficient (Wildman–Crippen LogP) is 3.86. The van der Waals surface area contributed by atoms with E-state index in [2.05, 4.69) is 5.32 Å². The number of carbonyl (C=O) groups is 1. The number of hydrogen-bond donors (Lipinski definition) is 2. The van der Waals surface area contributed by atoms with Crippen LogP contribution in [0.1, 0.15) is 30.6 Å². The summed E-state index contributed by atoms with van der Waals surface area (Å²) in [6.45, 7) is 4.26. The molecule has 0 aliphatic carbocycles. The minimum Gasteiger partial charge on any atom is -0.486 e. The third kappa shape index (κ3) is 6.33. The van der Waals surface area contributed by atoms with Crippen molar-refractivity contribution in [2.75, 3.05) is 19.0 Å². The van der Waals surface area contributed by atoms with Crippen LogP contribution in [-0.4, -0.2) is 25.7 Å². The van der Waals surface area contributed by atoms with Gasteiger partial charge in [0.2, 0.25) is 5.91 Å². The molecule has 0 saturated carbocycles. The van der Waals surface area contributed by atoms with Gasteiger partial charge in [0, 0.05) is 19.3 Å². The standard InChI is InChI=1S/C20H26N2O3.ClH/c1-14-11-17(25-15(2)16-7-5-4-6-8-16)9-10-19(14)22-20(23)12-18(13-21)24-3;/h4-11,15,18H,12-13,21H2,1-3H3,(H,22,23);1H. The van der Waals surface area contributed by atoms with E-state index >= 15 is 0 Å². The Hall–Kier alpha value is -2.08. The van der Waals surface area contributed by atoms with Gasteiger partial charge in [0.1, 0.15) is 11.9 Å². The first-order valence-electron chi connectivity index (χ1n) is 8.38. The molecule has 26 heavy (non-hydrogen) atoms. The van der Waals surface area contributed by atoms with Gasteiger partial charge in [-0.2, -0.15) is 0 Å². The molecular formula is C20H27ClN2O3. The van der Waals surface area contributed by atoms with E-state index in [1.807, 2.05) is 62.4 Å². The molecule has 0 fully saturated rings. The van der Waals surface area contributed by atoms with Gasteiger partial charge in [0.05, 0.1) is 12.5 Å². The molecule has 142 valence electrons. The van der Waals surface area contributed by atoms with Crippen LogP contribution in [0.3, 0.4) is 0 Å². The molecule has 6 heteroatoms. The smallest absolute Gasteiger partial charge is 0.227 e. The number of aryl methyl sites for hydroxylation is 1. The van der Waals surface area contributed by atoms with Crippen molar-refractivity contribution >= 4 is 24.0 Å². The highest BCUT2D eigenvalue weighted by Crippen LogP contribution is 2.26. The van der Waals surface area contributed by atoms with Gasteiger partial charge in [-0.25, -0.2) is 0 Å². The highest BCUT2D eigenvalue weighted by Gasteiger charge is 2.13. The summed E-state index contributed by atoms with van der Waals surface area (Å²) in [5.41, 5.74) is 8.36. The second-order valence-electron chi connectivity index (χ2n) is 5.99. The van der Waals surface area contributed by atoms with Crippen molar-refractivity contribution in [1.82, 2.24) is 0 Å². The molecule has 2 rings (SSSR count). The Balaban J connectivity index is 0.00000338. The number of halogens is 1. The summed E-state index contributed by atoms with van der Waals surface area (Å²) in [5, 5.41) is 2.89. The predicted molar refractivity (Wildman–Crippen MR) is 107 cm³/mol. The molecule has 0 aliphatic rings. The maximum absolute atomic E-state index is 12.1. The van der Waals surface area contributed by atoms with Crippen LogP contribution in [0, 0.1) is 6.92 Å². The molecule has 3 N–H and O–H groups in total. The fourth-order valence-electron chi connectivity index (χ4n) is 2.52. The molecule has 0 aliphatic heterocycles. The molecule has 0 spiro atoms. The molecule has 2 atom stereocenters. The first kappa shape index (κ1) is 22.0. The highest BCUT2D eigenvalue weighted by atomic mass is 35.5. The first-order chi connectivity index (χ1) is 12.0. The summed E-state index contributed by atoms with van der Waals surface area (Å²) in [6, 6.07) is 15.7. The van der Waals surface area contributed by atoms with Crippen molar-refractivity contribution in [1.29, 1.82) is 0 Å². The summed E-state index contributed by atoms with van der Waals surface area (Å²) < 4.78 is 11.1. The van der Waals surface area contributed by atoms with Crippen LogP contribution < -0.4 is 15.8 Å². The van der Waals surface area contributed by atoms with E-state index in [-0.39, 0.29) is 36.9 Å². The van der Waals surface area contributed by atoms with E-state index in [1.54, 1.807) is 7.11 Å². The number of benzene rings is 2. The third-order valence-electron chi connectivity index (χ3n) is 4.06. The van der Waals surface area contributed by atoms with Crippen molar-refractivity contribution in [3.05, 3.63) is 59.7 Å². The van der Waals surface area contributed by atoms with Gasteiger partial charge in [0.15, 0.2) is 0 Å². The van der Waals surface area contributed by atoms with Crippen molar-refractivity contribution in [3.63, 3.8) is 0 Å². The SMILES string of the molecule is COC(CN)CC(=O)Nc1ccc(OC(C)c2ccccc2)cc1C.Cl. The lowest BCUT2D eigenvalue weighted by Crippen LogP contribution is -2.28. The monoisotopic (exact) mass is 378 g/mol. The number of nitrogens with one attached hydrogen (secondary N) is 1. The van der Waals surface area contributed by atoms with Gasteiger partial charge in [-0.05, 0) is 43.2 Å². The zero-order chi connectivity index (χ0) is 18.2. The number of rotatable bonds is 8. The average Bonchev–Trinajstić information content (AvgIpc) is 2.62. The minimum absolute atomic E-state index is 0. The molecule has 2 aromatic rings. The van der Waals surface area contributed by atoms with Crippen molar-refractivity contribution in [3.8, 4) is 5.75 Å². The number of carbonyl (C=O) groups excluding carboxylic acids is 1. The number of nitrogens with two attached hydrogens (primary N) is 1. The van der Waals surface area contributed by atoms with E-state index in [0.717, 1.165) is 22.6 Å². The average molecular weight is 379 g/mol. The molecular weight excluding hydrogens is 352 g/mol. The summed E-state index contributed by atoms with van der Waals surface area (Å²) >= 11 is 0. The fourth-order valence-corrected chi connectivity index (χ4v) is 2.52. The van der Waals surface area contributed by atoms with Crippen LogP contribution in [-0.2, 0) is 9.53 Å². The van der Waals surface area contributed by atoms with Crippen LogP contribution in [0.25, 0.3) is 0 Å². The fraction of sp³-hybridized carbons (Fsp3) is 0.350. The normalized spacial score (nSPS) is 12.6. The molecule has 0 bridgehead atoms. The molecule has 5 nitrogen and oxygen atoms in total. The lowest BCUT2D eigenvalue weighted by molar-refractivity contribution is -0.118. The molecule has 0 radical (unpaired) electrons. The Morgan fingerprint density at radius 2 is 1.88 bits per heavy atom. The van der Waals surface area contributed by atoms with Gasteiger partial charge < -0.3 is 20.5 Å². The molecule has 2 unspecified atom stereocenters. The molecule has 2 aromatic carbocycles. The summed E-state index contributed by atoms with van der Waals surface area (Å²) in [6.07, 6.45) is -0.0851. The maximum atomic E-state index is 12.1. The molecule has 0 aromatic heterocycles. The van der Waals surface area contributed by atoms with Crippen LogP contribution in [0.15, 0.2) is 48.5 Å². The first-order valence-corrected chi connectivity index (χ1v) is 8.38. The van der Waals surface area contributed by atoms with Gasteiger partial charge >= 0.3 is 0 Å². The number of anilines is 1. The van der Waals surface area contributed by atoms with Gasteiger partial charge in [-0.1, -0.05) is 30.3 Å². The van der Waals surface area contributed by atoms with Crippen LogP contribution in [0.5, 0.6) is 5.75 Å². The second-order valence-corrected chi connectivity index (χ2v) is 5.99. The van der Waals surface area contributed by atoms with Crippen LogP contribution in [0.4, 0.5) is 5.69 Å². The van der Waals surface area contributed by atoms with Crippen molar-refractivity contribution < 1.29 is 14.3 Å².